The Kier molecular flexibility index (Phi) is 3.35. The first-order chi connectivity index (χ1) is 10.2. The van der Waals surface area contributed by atoms with Gasteiger partial charge < -0.3 is 15.4 Å². The molecule has 0 amide bonds. The number of nitrogens with one attached hydrogen (secondary N) is 2. The highest BCUT2D eigenvalue weighted by Gasteiger charge is 2.09. The van der Waals surface area contributed by atoms with E-state index in [-0.39, 0.29) is 0 Å². The van der Waals surface area contributed by atoms with Crippen molar-refractivity contribution in [3.8, 4) is 5.75 Å². The van der Waals surface area contributed by atoms with Crippen molar-refractivity contribution in [2.24, 2.45) is 0 Å². The van der Waals surface area contributed by atoms with Crippen molar-refractivity contribution in [1.29, 1.82) is 0 Å². The molecule has 0 aliphatic carbocycles. The van der Waals surface area contributed by atoms with Crippen molar-refractivity contribution in [2.45, 2.75) is 6.92 Å². The predicted octanol–water partition coefficient (Wildman–Crippen LogP) is 2.83. The van der Waals surface area contributed by atoms with Gasteiger partial charge in [-0.05, 0) is 19.1 Å². The van der Waals surface area contributed by atoms with Crippen molar-refractivity contribution < 1.29 is 4.74 Å². The first kappa shape index (κ1) is 13.2. The van der Waals surface area contributed by atoms with Gasteiger partial charge in [-0.1, -0.05) is 12.1 Å². The summed E-state index contributed by atoms with van der Waals surface area (Å²) in [5.41, 5.74) is 2.71. The van der Waals surface area contributed by atoms with Gasteiger partial charge in [-0.15, -0.1) is 0 Å². The molecule has 1 aromatic carbocycles. The summed E-state index contributed by atoms with van der Waals surface area (Å²) in [4.78, 5) is 4.61. The van der Waals surface area contributed by atoms with Crippen molar-refractivity contribution in [2.75, 3.05) is 24.8 Å². The largest absolute Gasteiger partial charge is 0.495 e. The lowest BCUT2D eigenvalue weighted by Gasteiger charge is -2.12. The molecule has 6 heteroatoms. The third-order valence-corrected chi connectivity index (χ3v) is 3.27. The molecule has 0 aliphatic heterocycles. The van der Waals surface area contributed by atoms with Gasteiger partial charge in [0.05, 0.1) is 19.0 Å². The molecular formula is C15H17N5O. The quantitative estimate of drug-likeness (QED) is 0.771. The van der Waals surface area contributed by atoms with Gasteiger partial charge >= 0.3 is 0 Å². The lowest BCUT2D eigenvalue weighted by Crippen LogP contribution is -2.04. The summed E-state index contributed by atoms with van der Waals surface area (Å²) in [6.07, 6.45) is 1.80. The van der Waals surface area contributed by atoms with Crippen LogP contribution < -0.4 is 15.4 Å². The van der Waals surface area contributed by atoms with E-state index >= 15 is 0 Å². The van der Waals surface area contributed by atoms with Crippen LogP contribution in [-0.4, -0.2) is 28.8 Å². The summed E-state index contributed by atoms with van der Waals surface area (Å²) in [7, 11) is 3.51. The molecule has 2 aromatic heterocycles. The molecule has 0 saturated heterocycles. The highest BCUT2D eigenvalue weighted by Crippen LogP contribution is 2.27. The van der Waals surface area contributed by atoms with Gasteiger partial charge in [0, 0.05) is 18.7 Å². The number of para-hydroxylation sites is 2. The van der Waals surface area contributed by atoms with Crippen LogP contribution >= 0.6 is 0 Å². The molecule has 0 saturated carbocycles. The van der Waals surface area contributed by atoms with E-state index < -0.39 is 0 Å². The number of aryl methyl sites for hydroxylation is 1. The Labute approximate surface area is 122 Å². The number of rotatable bonds is 4. The molecule has 6 nitrogen and oxygen atoms in total. The van der Waals surface area contributed by atoms with Crippen molar-refractivity contribution >= 4 is 23.0 Å². The second-order valence-electron chi connectivity index (χ2n) is 4.66. The van der Waals surface area contributed by atoms with E-state index in [4.69, 9.17) is 4.74 Å². The Morgan fingerprint density at radius 2 is 2.05 bits per heavy atom. The average molecular weight is 283 g/mol. The maximum atomic E-state index is 5.35. The van der Waals surface area contributed by atoms with Crippen LogP contribution in [0.1, 0.15) is 5.56 Å². The molecule has 0 spiro atoms. The lowest BCUT2D eigenvalue weighted by atomic mass is 10.3. The van der Waals surface area contributed by atoms with Crippen molar-refractivity contribution in [3.63, 3.8) is 0 Å². The SMILES string of the molecule is CNc1cc(Nc2ccccc2OC)nc2c(C)cnn12. The fourth-order valence-electron chi connectivity index (χ4n) is 2.20. The number of fused-ring (bicyclic) bond motifs is 1. The summed E-state index contributed by atoms with van der Waals surface area (Å²) >= 11 is 0. The van der Waals surface area contributed by atoms with Crippen molar-refractivity contribution in [3.05, 3.63) is 42.1 Å². The summed E-state index contributed by atoms with van der Waals surface area (Å²) in [5.74, 6) is 2.38. The molecule has 0 unspecified atom stereocenters. The number of methoxy groups -OCH3 is 1. The molecule has 0 bridgehead atoms. The monoisotopic (exact) mass is 283 g/mol. The van der Waals surface area contributed by atoms with Crippen LogP contribution in [0.25, 0.3) is 5.65 Å². The van der Waals surface area contributed by atoms with E-state index in [1.54, 1.807) is 17.8 Å². The van der Waals surface area contributed by atoms with E-state index in [2.05, 4.69) is 20.7 Å². The molecule has 3 aromatic rings. The second-order valence-corrected chi connectivity index (χ2v) is 4.66. The van der Waals surface area contributed by atoms with Gasteiger partial charge in [0.25, 0.3) is 0 Å². The molecule has 0 aliphatic rings. The van der Waals surface area contributed by atoms with Crippen LogP contribution in [0.5, 0.6) is 5.75 Å². The van der Waals surface area contributed by atoms with Gasteiger partial charge in [-0.25, -0.2) is 4.98 Å². The van der Waals surface area contributed by atoms with Crippen LogP contribution in [0, 0.1) is 6.92 Å². The number of benzene rings is 1. The number of anilines is 3. The molecular weight excluding hydrogens is 266 g/mol. The van der Waals surface area contributed by atoms with E-state index in [1.165, 1.54) is 0 Å². The van der Waals surface area contributed by atoms with Crippen LogP contribution in [0.4, 0.5) is 17.3 Å². The Bertz CT molecular complexity index is 781. The number of ether oxygens (including phenoxy) is 1. The molecule has 3 rings (SSSR count). The zero-order chi connectivity index (χ0) is 14.8. The Morgan fingerprint density at radius 1 is 1.24 bits per heavy atom. The minimum atomic E-state index is 0.736. The molecule has 2 N–H and O–H groups in total. The molecule has 21 heavy (non-hydrogen) atoms. The first-order valence-corrected chi connectivity index (χ1v) is 6.66. The van der Waals surface area contributed by atoms with E-state index in [0.717, 1.165) is 34.3 Å². The number of nitrogens with zero attached hydrogens (tertiary/aromatic N) is 3. The highest BCUT2D eigenvalue weighted by atomic mass is 16.5. The minimum Gasteiger partial charge on any atom is -0.495 e. The van der Waals surface area contributed by atoms with E-state index in [0.29, 0.717) is 0 Å². The molecule has 0 atom stereocenters. The highest BCUT2D eigenvalue weighted by molar-refractivity contribution is 5.68. The second kappa shape index (κ2) is 5.32. The number of aromatic nitrogens is 3. The Balaban J connectivity index is 2.06. The number of hydrogen-bond acceptors (Lipinski definition) is 5. The van der Waals surface area contributed by atoms with Gasteiger partial charge in [0.15, 0.2) is 5.65 Å². The van der Waals surface area contributed by atoms with E-state index in [9.17, 15) is 0 Å². The lowest BCUT2D eigenvalue weighted by molar-refractivity contribution is 0.417. The molecule has 108 valence electrons. The predicted molar refractivity (Wildman–Crippen MR) is 83.5 cm³/mol. The first-order valence-electron chi connectivity index (χ1n) is 6.66. The molecule has 2 heterocycles. The van der Waals surface area contributed by atoms with Crippen LogP contribution in [-0.2, 0) is 0 Å². The Hall–Kier alpha value is -2.76. The fourth-order valence-corrected chi connectivity index (χ4v) is 2.20. The third kappa shape index (κ3) is 2.35. The molecule has 0 radical (unpaired) electrons. The van der Waals surface area contributed by atoms with Gasteiger partial charge in [-0.3, -0.25) is 0 Å². The van der Waals surface area contributed by atoms with Gasteiger partial charge in [0.2, 0.25) is 0 Å². The fraction of sp³-hybridized carbons (Fsp3) is 0.200. The standard InChI is InChI=1S/C15H17N5O/c1-10-9-17-20-14(16-2)8-13(19-15(10)20)18-11-6-4-5-7-12(11)21-3/h4-9,16H,1-3H3,(H,18,19). The number of hydrogen-bond donors (Lipinski definition) is 2. The maximum Gasteiger partial charge on any atom is 0.162 e. The zero-order valence-electron chi connectivity index (χ0n) is 12.2. The van der Waals surface area contributed by atoms with Gasteiger partial charge in [0.1, 0.15) is 17.4 Å². The third-order valence-electron chi connectivity index (χ3n) is 3.27. The molecule has 0 fully saturated rings. The van der Waals surface area contributed by atoms with E-state index in [1.807, 2.05) is 44.3 Å². The summed E-state index contributed by atoms with van der Waals surface area (Å²) < 4.78 is 7.13. The summed E-state index contributed by atoms with van der Waals surface area (Å²) in [6, 6.07) is 9.65. The maximum absolute atomic E-state index is 5.35. The zero-order valence-corrected chi connectivity index (χ0v) is 12.2. The smallest absolute Gasteiger partial charge is 0.162 e. The minimum absolute atomic E-state index is 0.736. The average Bonchev–Trinajstić information content (AvgIpc) is 2.89. The van der Waals surface area contributed by atoms with Crippen LogP contribution in [0.15, 0.2) is 36.5 Å². The van der Waals surface area contributed by atoms with Gasteiger partial charge in [-0.2, -0.15) is 9.61 Å². The Morgan fingerprint density at radius 3 is 2.81 bits per heavy atom. The normalized spacial score (nSPS) is 10.6. The topological polar surface area (TPSA) is 63.5 Å². The van der Waals surface area contributed by atoms with Crippen molar-refractivity contribution in [1.82, 2.24) is 14.6 Å². The van der Waals surface area contributed by atoms with Crippen LogP contribution in [0.3, 0.4) is 0 Å². The summed E-state index contributed by atoms with van der Waals surface area (Å²) in [6.45, 7) is 1.99. The van der Waals surface area contributed by atoms with Crippen LogP contribution in [0.2, 0.25) is 0 Å². The summed E-state index contributed by atoms with van der Waals surface area (Å²) in [5, 5.41) is 10.7.